The van der Waals surface area contributed by atoms with Crippen molar-refractivity contribution in [2.45, 2.75) is 31.2 Å². The molecule has 0 heterocycles. The largest absolute Gasteiger partial charge is 0.313 e. The Hall–Kier alpha value is -0.670. The first-order chi connectivity index (χ1) is 7.24. The van der Waals surface area contributed by atoms with Gasteiger partial charge in [-0.25, -0.2) is 0 Å². The van der Waals surface area contributed by atoms with Crippen LogP contribution < -0.4 is 5.32 Å². The highest BCUT2D eigenvalue weighted by Crippen LogP contribution is 2.06. The van der Waals surface area contributed by atoms with Crippen molar-refractivity contribution >= 4 is 10.8 Å². The number of rotatable bonds is 6. The molecule has 2 atom stereocenters. The van der Waals surface area contributed by atoms with Crippen molar-refractivity contribution in [1.29, 1.82) is 0 Å². The monoisotopic (exact) mass is 225 g/mol. The van der Waals surface area contributed by atoms with Crippen molar-refractivity contribution < 1.29 is 4.21 Å². The van der Waals surface area contributed by atoms with E-state index in [0.29, 0.717) is 11.8 Å². The fourth-order valence-corrected chi connectivity index (χ4v) is 2.57. The minimum atomic E-state index is -0.879. The van der Waals surface area contributed by atoms with Crippen molar-refractivity contribution in [3.8, 4) is 0 Å². The summed E-state index contributed by atoms with van der Waals surface area (Å²) in [5.74, 6) is 0.685. The lowest BCUT2D eigenvalue weighted by molar-refractivity contribution is 0.582. The molecule has 1 aromatic carbocycles. The van der Waals surface area contributed by atoms with Gasteiger partial charge in [-0.1, -0.05) is 25.1 Å². The van der Waals surface area contributed by atoms with Gasteiger partial charge in [0.2, 0.25) is 0 Å². The average molecular weight is 225 g/mol. The zero-order chi connectivity index (χ0) is 11.1. The van der Waals surface area contributed by atoms with Crippen molar-refractivity contribution in [3.05, 3.63) is 30.3 Å². The van der Waals surface area contributed by atoms with Crippen LogP contribution in [-0.4, -0.2) is 22.5 Å². The molecule has 15 heavy (non-hydrogen) atoms. The maximum Gasteiger partial charge on any atom is 0.0545 e. The van der Waals surface area contributed by atoms with Crippen LogP contribution in [0.3, 0.4) is 0 Å². The molecular weight excluding hydrogens is 206 g/mol. The van der Waals surface area contributed by atoms with Gasteiger partial charge in [-0.2, -0.15) is 0 Å². The Labute approximate surface area is 94.5 Å². The number of benzene rings is 1. The molecule has 0 fully saturated rings. The SMILES string of the molecule is CCCNC(C)CS(=O)c1ccccc1. The predicted molar refractivity (Wildman–Crippen MR) is 65.5 cm³/mol. The zero-order valence-electron chi connectivity index (χ0n) is 9.40. The average Bonchev–Trinajstić information content (AvgIpc) is 2.27. The minimum Gasteiger partial charge on any atom is -0.313 e. The topological polar surface area (TPSA) is 29.1 Å². The van der Waals surface area contributed by atoms with Crippen LogP contribution in [0.4, 0.5) is 0 Å². The summed E-state index contributed by atoms with van der Waals surface area (Å²) in [4.78, 5) is 0.919. The maximum atomic E-state index is 11.9. The van der Waals surface area contributed by atoms with Gasteiger partial charge in [-0.3, -0.25) is 4.21 Å². The lowest BCUT2D eigenvalue weighted by Gasteiger charge is -2.12. The highest BCUT2D eigenvalue weighted by molar-refractivity contribution is 7.85. The van der Waals surface area contributed by atoms with E-state index < -0.39 is 10.8 Å². The Morgan fingerprint density at radius 3 is 2.60 bits per heavy atom. The Balaban J connectivity index is 2.42. The lowest BCUT2D eigenvalue weighted by atomic mass is 10.3. The molecule has 0 spiro atoms. The van der Waals surface area contributed by atoms with Gasteiger partial charge in [-0.15, -0.1) is 0 Å². The molecule has 0 saturated carbocycles. The van der Waals surface area contributed by atoms with E-state index in [2.05, 4.69) is 19.2 Å². The number of hydrogen-bond acceptors (Lipinski definition) is 2. The standard InChI is InChI=1S/C12H19NOS/c1-3-9-13-11(2)10-15(14)12-7-5-4-6-8-12/h4-8,11,13H,3,9-10H2,1-2H3. The van der Waals surface area contributed by atoms with E-state index in [9.17, 15) is 4.21 Å². The van der Waals surface area contributed by atoms with Gasteiger partial charge in [0.05, 0.1) is 10.8 Å². The molecule has 84 valence electrons. The van der Waals surface area contributed by atoms with E-state index in [1.807, 2.05) is 30.3 Å². The van der Waals surface area contributed by atoms with Crippen molar-refractivity contribution in [1.82, 2.24) is 5.32 Å². The van der Waals surface area contributed by atoms with E-state index in [1.165, 1.54) is 0 Å². The molecule has 0 bridgehead atoms. The second kappa shape index (κ2) is 6.75. The summed E-state index contributed by atoms with van der Waals surface area (Å²) in [6.07, 6.45) is 1.11. The second-order valence-electron chi connectivity index (χ2n) is 3.68. The van der Waals surface area contributed by atoms with Crippen LogP contribution in [0, 0.1) is 0 Å². The van der Waals surface area contributed by atoms with Crippen LogP contribution in [0.2, 0.25) is 0 Å². The summed E-state index contributed by atoms with van der Waals surface area (Å²) in [6, 6.07) is 9.95. The summed E-state index contributed by atoms with van der Waals surface area (Å²) in [6.45, 7) is 5.21. The zero-order valence-corrected chi connectivity index (χ0v) is 10.2. The molecule has 1 aromatic rings. The summed E-state index contributed by atoms with van der Waals surface area (Å²) in [7, 11) is -0.879. The third-order valence-electron chi connectivity index (χ3n) is 2.15. The Morgan fingerprint density at radius 1 is 1.33 bits per heavy atom. The van der Waals surface area contributed by atoms with Crippen LogP contribution in [0.1, 0.15) is 20.3 Å². The fraction of sp³-hybridized carbons (Fsp3) is 0.500. The quantitative estimate of drug-likeness (QED) is 0.804. The van der Waals surface area contributed by atoms with E-state index in [0.717, 1.165) is 17.9 Å². The summed E-state index contributed by atoms with van der Waals surface area (Å²) in [5, 5.41) is 3.34. The first kappa shape index (κ1) is 12.4. The van der Waals surface area contributed by atoms with Crippen LogP contribution in [0.5, 0.6) is 0 Å². The number of nitrogens with one attached hydrogen (secondary N) is 1. The van der Waals surface area contributed by atoms with Gasteiger partial charge in [0.15, 0.2) is 0 Å². The van der Waals surface area contributed by atoms with Crippen LogP contribution >= 0.6 is 0 Å². The van der Waals surface area contributed by atoms with E-state index in [-0.39, 0.29) is 0 Å². The molecule has 0 radical (unpaired) electrons. The molecule has 0 aromatic heterocycles. The minimum absolute atomic E-state index is 0.311. The Kier molecular flexibility index (Phi) is 5.58. The smallest absolute Gasteiger partial charge is 0.0545 e. The molecular formula is C12H19NOS. The third-order valence-corrected chi connectivity index (χ3v) is 3.75. The maximum absolute atomic E-state index is 11.9. The van der Waals surface area contributed by atoms with Crippen LogP contribution in [0.15, 0.2) is 35.2 Å². The third kappa shape index (κ3) is 4.58. The van der Waals surface area contributed by atoms with Gasteiger partial charge in [0, 0.05) is 16.7 Å². The van der Waals surface area contributed by atoms with Gasteiger partial charge >= 0.3 is 0 Å². The fourth-order valence-electron chi connectivity index (χ4n) is 1.35. The van der Waals surface area contributed by atoms with Gasteiger partial charge in [-0.05, 0) is 32.0 Å². The summed E-state index contributed by atoms with van der Waals surface area (Å²) >= 11 is 0. The Bertz CT molecular complexity index is 300. The molecule has 0 aliphatic heterocycles. The summed E-state index contributed by atoms with van der Waals surface area (Å²) in [5.41, 5.74) is 0. The van der Waals surface area contributed by atoms with Gasteiger partial charge < -0.3 is 5.32 Å². The molecule has 0 aliphatic carbocycles. The first-order valence-corrected chi connectivity index (χ1v) is 6.72. The molecule has 3 heteroatoms. The molecule has 0 aliphatic rings. The number of hydrogen-bond donors (Lipinski definition) is 1. The van der Waals surface area contributed by atoms with Gasteiger partial charge in [0.25, 0.3) is 0 Å². The molecule has 0 amide bonds. The molecule has 2 nitrogen and oxygen atoms in total. The normalized spacial score (nSPS) is 14.8. The second-order valence-corrected chi connectivity index (χ2v) is 5.18. The molecule has 1 N–H and O–H groups in total. The van der Waals surface area contributed by atoms with Crippen molar-refractivity contribution in [2.75, 3.05) is 12.3 Å². The van der Waals surface area contributed by atoms with E-state index in [4.69, 9.17) is 0 Å². The van der Waals surface area contributed by atoms with Crippen molar-refractivity contribution in [3.63, 3.8) is 0 Å². The predicted octanol–water partition coefficient (Wildman–Crippen LogP) is 2.18. The van der Waals surface area contributed by atoms with E-state index >= 15 is 0 Å². The van der Waals surface area contributed by atoms with Crippen molar-refractivity contribution in [2.24, 2.45) is 0 Å². The highest BCUT2D eigenvalue weighted by Gasteiger charge is 2.08. The van der Waals surface area contributed by atoms with Crippen LogP contribution in [-0.2, 0) is 10.8 Å². The van der Waals surface area contributed by atoms with E-state index in [1.54, 1.807) is 0 Å². The Morgan fingerprint density at radius 2 is 2.00 bits per heavy atom. The lowest BCUT2D eigenvalue weighted by Crippen LogP contribution is -2.31. The van der Waals surface area contributed by atoms with Crippen LogP contribution in [0.25, 0.3) is 0 Å². The summed E-state index contributed by atoms with van der Waals surface area (Å²) < 4.78 is 11.9. The van der Waals surface area contributed by atoms with Gasteiger partial charge in [0.1, 0.15) is 0 Å². The first-order valence-electron chi connectivity index (χ1n) is 5.41. The molecule has 2 unspecified atom stereocenters. The molecule has 0 saturated heterocycles. The molecule has 1 rings (SSSR count). The highest BCUT2D eigenvalue weighted by atomic mass is 32.2.